The van der Waals surface area contributed by atoms with E-state index in [2.05, 4.69) is 49.0 Å². The van der Waals surface area contributed by atoms with Gasteiger partial charge in [0.25, 0.3) is 0 Å². The van der Waals surface area contributed by atoms with E-state index in [1.807, 2.05) is 6.07 Å². The highest BCUT2D eigenvalue weighted by atomic mass is 32.1. The average Bonchev–Trinajstić information content (AvgIpc) is 3.22. The molecule has 2 aromatic heterocycles. The Hall–Kier alpha value is -2.06. The van der Waals surface area contributed by atoms with Crippen molar-refractivity contribution in [3.8, 4) is 0 Å². The Labute approximate surface area is 131 Å². The zero-order valence-corrected chi connectivity index (χ0v) is 12.9. The molecule has 0 aliphatic carbocycles. The Morgan fingerprint density at radius 1 is 1.27 bits per heavy atom. The van der Waals surface area contributed by atoms with Gasteiger partial charge in [0.15, 0.2) is 11.0 Å². The molecule has 3 heterocycles. The number of benzene rings is 1. The number of aromatic nitrogens is 5. The van der Waals surface area contributed by atoms with Gasteiger partial charge >= 0.3 is 0 Å². The molecule has 1 fully saturated rings. The third kappa shape index (κ3) is 2.79. The second-order valence-corrected chi connectivity index (χ2v) is 6.44. The van der Waals surface area contributed by atoms with Gasteiger partial charge in [0, 0.05) is 19.1 Å². The molecule has 0 unspecified atom stereocenters. The molecule has 0 saturated carbocycles. The Morgan fingerprint density at radius 2 is 2.14 bits per heavy atom. The molecular weight excluding hydrogens is 298 g/mol. The molecule has 0 spiro atoms. The van der Waals surface area contributed by atoms with Gasteiger partial charge in [-0.2, -0.15) is 5.21 Å². The second kappa shape index (κ2) is 5.98. The van der Waals surface area contributed by atoms with E-state index in [-0.39, 0.29) is 0 Å². The maximum Gasteiger partial charge on any atom is 0.188 e. The highest BCUT2D eigenvalue weighted by Gasteiger charge is 2.21. The van der Waals surface area contributed by atoms with Gasteiger partial charge in [-0.05, 0) is 25.0 Å². The van der Waals surface area contributed by atoms with Crippen LogP contribution in [0.3, 0.4) is 0 Å². The first-order valence-electron chi connectivity index (χ1n) is 7.45. The minimum absolute atomic E-state index is 0.504. The summed E-state index contributed by atoms with van der Waals surface area (Å²) in [5.74, 6) is 0.716. The van der Waals surface area contributed by atoms with Crippen LogP contribution in [0.5, 0.6) is 0 Å². The number of anilines is 1. The van der Waals surface area contributed by atoms with Crippen molar-refractivity contribution in [2.24, 2.45) is 0 Å². The average molecular weight is 315 g/mol. The summed E-state index contributed by atoms with van der Waals surface area (Å²) in [4.78, 5) is 7.13. The molecule has 1 saturated heterocycles. The fourth-order valence-electron chi connectivity index (χ4n) is 2.76. The number of tetrazole rings is 1. The largest absolute Gasteiger partial charge is 0.348 e. The Morgan fingerprint density at radius 3 is 2.91 bits per heavy atom. The van der Waals surface area contributed by atoms with Gasteiger partial charge in [0.1, 0.15) is 0 Å². The minimum Gasteiger partial charge on any atom is -0.348 e. The van der Waals surface area contributed by atoms with Gasteiger partial charge < -0.3 is 10.2 Å². The van der Waals surface area contributed by atoms with Crippen LogP contribution in [0.4, 0.5) is 5.13 Å². The fraction of sp³-hybridized carbons (Fsp3) is 0.429. The maximum absolute atomic E-state index is 4.74. The Bertz CT molecular complexity index is 698. The summed E-state index contributed by atoms with van der Waals surface area (Å²) in [5.41, 5.74) is 1.10. The van der Waals surface area contributed by atoms with Gasteiger partial charge in [-0.15, -0.1) is 10.2 Å². The number of hydrogen-bond donors (Lipinski definition) is 2. The third-order valence-electron chi connectivity index (χ3n) is 3.99. The highest BCUT2D eigenvalue weighted by Crippen LogP contribution is 2.30. The van der Waals surface area contributed by atoms with E-state index in [9.17, 15) is 0 Å². The van der Waals surface area contributed by atoms with Crippen molar-refractivity contribution in [1.29, 1.82) is 0 Å². The van der Waals surface area contributed by atoms with E-state index in [4.69, 9.17) is 4.98 Å². The first-order chi connectivity index (χ1) is 10.9. The number of nitrogens with zero attached hydrogens (tertiary/aromatic N) is 5. The summed E-state index contributed by atoms with van der Waals surface area (Å²) in [7, 11) is 0. The number of piperidine rings is 1. The number of para-hydroxylation sites is 1. The highest BCUT2D eigenvalue weighted by molar-refractivity contribution is 7.22. The molecule has 8 heteroatoms. The molecule has 0 atom stereocenters. The number of H-pyrrole nitrogens is 1. The van der Waals surface area contributed by atoms with E-state index in [1.54, 1.807) is 11.3 Å². The molecule has 0 radical (unpaired) electrons. The molecule has 3 aromatic rings. The van der Waals surface area contributed by atoms with Crippen molar-refractivity contribution in [1.82, 2.24) is 30.9 Å². The Balaban J connectivity index is 1.35. The molecule has 1 aliphatic heterocycles. The van der Waals surface area contributed by atoms with Crippen molar-refractivity contribution in [3.63, 3.8) is 0 Å². The third-order valence-corrected chi connectivity index (χ3v) is 5.08. The van der Waals surface area contributed by atoms with E-state index >= 15 is 0 Å². The van der Waals surface area contributed by atoms with Gasteiger partial charge in [-0.25, -0.2) is 4.98 Å². The minimum atomic E-state index is 0.504. The smallest absolute Gasteiger partial charge is 0.188 e. The summed E-state index contributed by atoms with van der Waals surface area (Å²) in [6.45, 7) is 2.73. The first-order valence-corrected chi connectivity index (χ1v) is 8.26. The maximum atomic E-state index is 4.74. The van der Waals surface area contributed by atoms with Gasteiger partial charge in [-0.1, -0.05) is 28.7 Å². The lowest BCUT2D eigenvalue weighted by molar-refractivity contribution is 0.409. The van der Waals surface area contributed by atoms with Crippen molar-refractivity contribution in [2.45, 2.75) is 25.4 Å². The lowest BCUT2D eigenvalue weighted by Crippen LogP contribution is -2.42. The number of nitrogens with one attached hydrogen (secondary N) is 2. The molecular formula is C14H17N7S. The molecule has 22 heavy (non-hydrogen) atoms. The number of hydrogen-bond acceptors (Lipinski definition) is 7. The summed E-state index contributed by atoms with van der Waals surface area (Å²) < 4.78 is 1.26. The van der Waals surface area contributed by atoms with E-state index < -0.39 is 0 Å². The zero-order chi connectivity index (χ0) is 14.8. The first kappa shape index (κ1) is 13.6. The van der Waals surface area contributed by atoms with E-state index in [0.717, 1.165) is 36.6 Å². The normalized spacial score (nSPS) is 16.5. The van der Waals surface area contributed by atoms with Crippen LogP contribution in [0.25, 0.3) is 10.2 Å². The summed E-state index contributed by atoms with van der Waals surface area (Å²) >= 11 is 1.78. The van der Waals surface area contributed by atoms with Crippen LogP contribution in [0.1, 0.15) is 18.7 Å². The van der Waals surface area contributed by atoms with E-state index in [0.29, 0.717) is 18.4 Å². The van der Waals surface area contributed by atoms with Crippen LogP contribution in [-0.2, 0) is 6.54 Å². The lowest BCUT2D eigenvalue weighted by atomic mass is 10.1. The van der Waals surface area contributed by atoms with Crippen LogP contribution in [0, 0.1) is 0 Å². The van der Waals surface area contributed by atoms with E-state index in [1.165, 1.54) is 4.70 Å². The molecule has 1 aromatic carbocycles. The van der Waals surface area contributed by atoms with Crippen LogP contribution >= 0.6 is 11.3 Å². The zero-order valence-electron chi connectivity index (χ0n) is 12.1. The van der Waals surface area contributed by atoms with Crippen molar-refractivity contribution in [3.05, 3.63) is 30.1 Å². The number of aromatic amines is 1. The molecule has 0 amide bonds. The summed E-state index contributed by atoms with van der Waals surface area (Å²) in [6.07, 6.45) is 2.21. The van der Waals surface area contributed by atoms with Crippen LogP contribution in [0.15, 0.2) is 24.3 Å². The number of thiazole rings is 1. The van der Waals surface area contributed by atoms with Gasteiger partial charge in [0.05, 0.1) is 16.8 Å². The van der Waals surface area contributed by atoms with Crippen molar-refractivity contribution >= 4 is 26.7 Å². The standard InChI is InChI=1S/C14H17N7S/c1-2-4-12-11(3-1)16-14(22-12)21-7-5-10(6-8-21)15-9-13-17-19-20-18-13/h1-4,10,15H,5-9H2,(H,17,18,19,20). The van der Waals surface area contributed by atoms with Crippen LogP contribution < -0.4 is 10.2 Å². The molecule has 7 nitrogen and oxygen atoms in total. The monoisotopic (exact) mass is 315 g/mol. The topological polar surface area (TPSA) is 82.6 Å². The van der Waals surface area contributed by atoms with Crippen molar-refractivity contribution < 1.29 is 0 Å². The summed E-state index contributed by atoms with van der Waals surface area (Å²) in [6, 6.07) is 8.83. The molecule has 4 rings (SSSR count). The van der Waals surface area contributed by atoms with Gasteiger partial charge in [0.2, 0.25) is 0 Å². The van der Waals surface area contributed by atoms with Crippen LogP contribution in [-0.4, -0.2) is 44.7 Å². The molecule has 2 N–H and O–H groups in total. The second-order valence-electron chi connectivity index (χ2n) is 5.43. The Kier molecular flexibility index (Phi) is 3.69. The predicted molar refractivity (Wildman–Crippen MR) is 85.9 cm³/mol. The predicted octanol–water partition coefficient (Wildman–Crippen LogP) is 1.57. The fourth-order valence-corrected chi connectivity index (χ4v) is 3.78. The SMILES string of the molecule is c1ccc2sc(N3CCC(NCc4nn[nH]n4)CC3)nc2c1. The van der Waals surface area contributed by atoms with Crippen LogP contribution in [0.2, 0.25) is 0 Å². The quantitative estimate of drug-likeness (QED) is 0.760. The molecule has 1 aliphatic rings. The molecule has 0 bridgehead atoms. The number of fused-ring (bicyclic) bond motifs is 1. The van der Waals surface area contributed by atoms with Crippen molar-refractivity contribution in [2.75, 3.05) is 18.0 Å². The lowest BCUT2D eigenvalue weighted by Gasteiger charge is -2.32. The number of rotatable bonds is 4. The summed E-state index contributed by atoms with van der Waals surface area (Å²) in [5, 5.41) is 18.6. The van der Waals surface area contributed by atoms with Gasteiger partial charge in [-0.3, -0.25) is 0 Å². The molecule has 114 valence electrons.